The predicted molar refractivity (Wildman–Crippen MR) is 66.6 cm³/mol. The molecule has 106 valence electrons. The van der Waals surface area contributed by atoms with Crippen LogP contribution >= 0.6 is 0 Å². The third-order valence-electron chi connectivity index (χ3n) is 2.45. The quantitative estimate of drug-likeness (QED) is 0.937. The topological polar surface area (TPSA) is 61.0 Å². The maximum Gasteiger partial charge on any atom is 0.395 e. The normalized spacial score (nSPS) is 11.4. The van der Waals surface area contributed by atoms with Crippen LogP contribution in [0.3, 0.4) is 0 Å². The minimum atomic E-state index is -3.44. The van der Waals surface area contributed by atoms with Gasteiger partial charge in [0.1, 0.15) is 6.33 Å². The molecule has 0 fully saturated rings. The molecule has 0 aliphatic carbocycles. The first-order valence-electron chi connectivity index (χ1n) is 5.77. The minimum Gasteiger partial charge on any atom is -0.430 e. The Labute approximate surface area is 113 Å². The second-order valence-corrected chi connectivity index (χ2v) is 4.15. The molecular weight excluding hydrogens is 271 g/mol. The maximum absolute atomic E-state index is 13.7. The SMILES string of the molecule is CC(F)(F)Oc1ccc(-c2cc(CN)ncn2)cc1F. The fourth-order valence-electron chi connectivity index (χ4n) is 1.60. The average Bonchev–Trinajstić information content (AvgIpc) is 2.40. The van der Waals surface area contributed by atoms with Gasteiger partial charge in [0.25, 0.3) is 0 Å². The van der Waals surface area contributed by atoms with E-state index in [1.54, 1.807) is 6.07 Å². The van der Waals surface area contributed by atoms with Crippen LogP contribution in [0.15, 0.2) is 30.6 Å². The predicted octanol–water partition coefficient (Wildman–Crippen LogP) is 2.73. The molecule has 0 aliphatic heterocycles. The lowest BCUT2D eigenvalue weighted by Crippen LogP contribution is -2.19. The Morgan fingerprint density at radius 2 is 2.00 bits per heavy atom. The van der Waals surface area contributed by atoms with Gasteiger partial charge in [-0.25, -0.2) is 14.4 Å². The number of rotatable bonds is 4. The zero-order chi connectivity index (χ0) is 14.8. The molecule has 0 saturated carbocycles. The number of benzene rings is 1. The van der Waals surface area contributed by atoms with Crippen LogP contribution < -0.4 is 10.5 Å². The summed E-state index contributed by atoms with van der Waals surface area (Å²) in [5, 5.41) is 0. The second-order valence-electron chi connectivity index (χ2n) is 4.15. The van der Waals surface area contributed by atoms with Gasteiger partial charge in [-0.15, -0.1) is 0 Å². The van der Waals surface area contributed by atoms with Crippen LogP contribution in [-0.4, -0.2) is 16.1 Å². The van der Waals surface area contributed by atoms with Crippen molar-refractivity contribution in [3.8, 4) is 17.0 Å². The van der Waals surface area contributed by atoms with Crippen molar-refractivity contribution in [2.45, 2.75) is 19.6 Å². The van der Waals surface area contributed by atoms with Gasteiger partial charge in [-0.1, -0.05) is 0 Å². The first-order valence-corrected chi connectivity index (χ1v) is 5.77. The number of hydrogen-bond donors (Lipinski definition) is 1. The van der Waals surface area contributed by atoms with Crippen LogP contribution in [-0.2, 0) is 6.54 Å². The van der Waals surface area contributed by atoms with E-state index >= 15 is 0 Å². The number of hydrogen-bond acceptors (Lipinski definition) is 4. The molecule has 1 aromatic carbocycles. The molecule has 2 aromatic rings. The Bertz CT molecular complexity index is 614. The molecule has 1 aromatic heterocycles. The summed E-state index contributed by atoms with van der Waals surface area (Å²) in [4.78, 5) is 7.90. The van der Waals surface area contributed by atoms with Gasteiger partial charge in [0.2, 0.25) is 0 Å². The fraction of sp³-hybridized carbons (Fsp3) is 0.231. The number of nitrogens with zero attached hydrogens (tertiary/aromatic N) is 2. The van der Waals surface area contributed by atoms with Crippen molar-refractivity contribution in [2.24, 2.45) is 5.73 Å². The fourth-order valence-corrected chi connectivity index (χ4v) is 1.60. The standard InChI is InChI=1S/C13H12F3N3O/c1-13(15,16)20-12-3-2-8(4-10(12)14)11-5-9(6-17)18-7-19-11/h2-5,7H,6,17H2,1H3. The van der Waals surface area contributed by atoms with Crippen molar-refractivity contribution in [3.05, 3.63) is 42.1 Å². The zero-order valence-electron chi connectivity index (χ0n) is 10.6. The van der Waals surface area contributed by atoms with Crippen LogP contribution in [0, 0.1) is 5.82 Å². The average molecular weight is 283 g/mol. The lowest BCUT2D eigenvalue weighted by atomic mass is 10.1. The Balaban J connectivity index is 2.33. The number of aromatic nitrogens is 2. The molecule has 0 bridgehead atoms. The first kappa shape index (κ1) is 14.3. The lowest BCUT2D eigenvalue weighted by molar-refractivity contribution is -0.160. The minimum absolute atomic E-state index is 0.223. The van der Waals surface area contributed by atoms with Crippen LogP contribution in [0.25, 0.3) is 11.3 Å². The summed E-state index contributed by atoms with van der Waals surface area (Å²) in [5.41, 5.74) is 6.92. The summed E-state index contributed by atoms with van der Waals surface area (Å²) >= 11 is 0. The van der Waals surface area contributed by atoms with Crippen LogP contribution in [0.5, 0.6) is 5.75 Å². The van der Waals surface area contributed by atoms with E-state index in [0.29, 0.717) is 23.9 Å². The summed E-state index contributed by atoms with van der Waals surface area (Å²) in [5.74, 6) is -1.41. The number of nitrogens with two attached hydrogens (primary N) is 1. The van der Waals surface area contributed by atoms with Crippen molar-refractivity contribution in [1.29, 1.82) is 0 Å². The Morgan fingerprint density at radius 1 is 1.25 bits per heavy atom. The van der Waals surface area contributed by atoms with Crippen molar-refractivity contribution >= 4 is 0 Å². The molecule has 0 saturated heterocycles. The Kier molecular flexibility index (Phi) is 3.89. The molecule has 0 atom stereocenters. The van der Waals surface area contributed by atoms with Gasteiger partial charge < -0.3 is 10.5 Å². The van der Waals surface area contributed by atoms with E-state index in [1.807, 2.05) is 0 Å². The van der Waals surface area contributed by atoms with Crippen LogP contribution in [0.1, 0.15) is 12.6 Å². The molecule has 0 aliphatic rings. The summed E-state index contributed by atoms with van der Waals surface area (Å²) in [6.07, 6.45) is -2.13. The van der Waals surface area contributed by atoms with E-state index in [1.165, 1.54) is 12.4 Å². The van der Waals surface area contributed by atoms with Crippen molar-refractivity contribution in [3.63, 3.8) is 0 Å². The molecule has 7 heteroatoms. The number of halogens is 3. The monoisotopic (exact) mass is 283 g/mol. The molecule has 4 nitrogen and oxygen atoms in total. The molecule has 0 amide bonds. The summed E-state index contributed by atoms with van der Waals surface area (Å²) in [6.45, 7) is 0.763. The van der Waals surface area contributed by atoms with Gasteiger partial charge in [-0.05, 0) is 24.3 Å². The van der Waals surface area contributed by atoms with Crippen molar-refractivity contribution < 1.29 is 17.9 Å². The molecule has 1 heterocycles. The molecule has 2 N–H and O–H groups in total. The Hall–Kier alpha value is -2.15. The van der Waals surface area contributed by atoms with Crippen LogP contribution in [0.2, 0.25) is 0 Å². The van der Waals surface area contributed by atoms with Crippen molar-refractivity contribution in [2.75, 3.05) is 0 Å². The number of alkyl halides is 2. The summed E-state index contributed by atoms with van der Waals surface area (Å²) in [6, 6.07) is 5.24. The van der Waals surface area contributed by atoms with Gasteiger partial charge >= 0.3 is 6.11 Å². The van der Waals surface area contributed by atoms with Gasteiger partial charge in [0, 0.05) is 19.0 Å². The largest absolute Gasteiger partial charge is 0.430 e. The first-order chi connectivity index (χ1) is 9.39. The highest BCUT2D eigenvalue weighted by Crippen LogP contribution is 2.28. The highest BCUT2D eigenvalue weighted by molar-refractivity contribution is 5.60. The van der Waals surface area contributed by atoms with Gasteiger partial charge in [0.05, 0.1) is 11.4 Å². The molecule has 20 heavy (non-hydrogen) atoms. The van der Waals surface area contributed by atoms with Crippen LogP contribution in [0.4, 0.5) is 13.2 Å². The third-order valence-corrected chi connectivity index (χ3v) is 2.45. The maximum atomic E-state index is 13.7. The van der Waals surface area contributed by atoms with Crippen molar-refractivity contribution in [1.82, 2.24) is 9.97 Å². The molecular formula is C13H12F3N3O. The highest BCUT2D eigenvalue weighted by Gasteiger charge is 2.25. The van der Waals surface area contributed by atoms with E-state index in [0.717, 1.165) is 12.1 Å². The number of ether oxygens (including phenoxy) is 1. The van der Waals surface area contributed by atoms with E-state index in [9.17, 15) is 13.2 Å². The van der Waals surface area contributed by atoms with E-state index in [2.05, 4.69) is 14.7 Å². The molecule has 2 rings (SSSR count). The van der Waals surface area contributed by atoms with Gasteiger partial charge in [0.15, 0.2) is 11.6 Å². The second kappa shape index (κ2) is 5.46. The smallest absolute Gasteiger partial charge is 0.395 e. The van der Waals surface area contributed by atoms with E-state index in [4.69, 9.17) is 5.73 Å². The third kappa shape index (κ3) is 3.45. The summed E-state index contributed by atoms with van der Waals surface area (Å²) in [7, 11) is 0. The highest BCUT2D eigenvalue weighted by atomic mass is 19.3. The van der Waals surface area contributed by atoms with E-state index in [-0.39, 0.29) is 6.54 Å². The molecule has 0 radical (unpaired) electrons. The Morgan fingerprint density at radius 3 is 2.60 bits per heavy atom. The molecule has 0 spiro atoms. The summed E-state index contributed by atoms with van der Waals surface area (Å²) < 4.78 is 43.3. The van der Waals surface area contributed by atoms with E-state index < -0.39 is 17.7 Å². The zero-order valence-corrected chi connectivity index (χ0v) is 10.6. The van der Waals surface area contributed by atoms with Gasteiger partial charge in [-0.2, -0.15) is 8.78 Å². The van der Waals surface area contributed by atoms with Gasteiger partial charge in [-0.3, -0.25) is 0 Å². The molecule has 0 unspecified atom stereocenters. The lowest BCUT2D eigenvalue weighted by Gasteiger charge is -2.14.